The Hall–Kier alpha value is -0.0400. The smallest absolute Gasteiger partial charge is 0.0154 e. The van der Waals surface area contributed by atoms with E-state index in [0.717, 1.165) is 5.92 Å². The van der Waals surface area contributed by atoms with Crippen molar-refractivity contribution in [3.05, 3.63) is 0 Å². The molecule has 1 fully saturated rings. The first-order chi connectivity index (χ1) is 6.16. The van der Waals surface area contributed by atoms with E-state index in [0.29, 0.717) is 0 Å². The quantitative estimate of drug-likeness (QED) is 0.663. The van der Waals surface area contributed by atoms with Gasteiger partial charge in [-0.25, -0.2) is 0 Å². The van der Waals surface area contributed by atoms with Gasteiger partial charge in [0.15, 0.2) is 0 Å². The molecule has 1 saturated carbocycles. The van der Waals surface area contributed by atoms with E-state index in [9.17, 15) is 0 Å². The average molecular weight is 183 g/mol. The van der Waals surface area contributed by atoms with Crippen molar-refractivity contribution in [1.29, 1.82) is 0 Å². The van der Waals surface area contributed by atoms with Gasteiger partial charge >= 0.3 is 0 Å². The van der Waals surface area contributed by atoms with Gasteiger partial charge in [0.25, 0.3) is 0 Å². The van der Waals surface area contributed by atoms with Gasteiger partial charge in [-0.1, -0.05) is 33.1 Å². The van der Waals surface area contributed by atoms with Gasteiger partial charge in [0.05, 0.1) is 0 Å². The molecule has 1 heteroatoms. The van der Waals surface area contributed by atoms with E-state index in [2.05, 4.69) is 13.8 Å². The molecule has 0 spiro atoms. The molecule has 0 aromatic heterocycles. The number of hydrogen-bond acceptors (Lipinski definition) is 1. The maximum absolute atomic E-state index is 6.36. The molecule has 0 aromatic carbocycles. The van der Waals surface area contributed by atoms with Crippen LogP contribution < -0.4 is 5.73 Å². The van der Waals surface area contributed by atoms with Crippen LogP contribution in [0, 0.1) is 5.92 Å². The first-order valence-electron chi connectivity index (χ1n) is 5.95. The van der Waals surface area contributed by atoms with Crippen molar-refractivity contribution in [2.45, 2.75) is 70.8 Å². The van der Waals surface area contributed by atoms with Crippen molar-refractivity contribution in [3.63, 3.8) is 0 Å². The summed E-state index contributed by atoms with van der Waals surface area (Å²) in [5, 5.41) is 0. The summed E-state index contributed by atoms with van der Waals surface area (Å²) in [5.74, 6) is 0.919. The largest absolute Gasteiger partial charge is 0.325 e. The lowest BCUT2D eigenvalue weighted by atomic mass is 9.75. The number of rotatable bonds is 4. The highest BCUT2D eigenvalue weighted by atomic mass is 14.7. The van der Waals surface area contributed by atoms with Gasteiger partial charge < -0.3 is 5.73 Å². The van der Waals surface area contributed by atoms with E-state index in [1.807, 2.05) is 0 Å². The monoisotopic (exact) mass is 183 g/mol. The zero-order valence-corrected chi connectivity index (χ0v) is 9.31. The van der Waals surface area contributed by atoms with Gasteiger partial charge in [-0.15, -0.1) is 0 Å². The fourth-order valence-corrected chi connectivity index (χ4v) is 2.31. The molecule has 0 aromatic rings. The Bertz CT molecular complexity index is 134. The Balaban J connectivity index is 2.22. The molecule has 2 N–H and O–H groups in total. The second kappa shape index (κ2) is 4.99. The molecule has 1 aliphatic rings. The molecule has 13 heavy (non-hydrogen) atoms. The normalized spacial score (nSPS) is 34.8. The summed E-state index contributed by atoms with van der Waals surface area (Å²) < 4.78 is 0. The van der Waals surface area contributed by atoms with Crippen molar-refractivity contribution >= 4 is 0 Å². The lowest BCUT2D eigenvalue weighted by Crippen LogP contribution is -2.42. The lowest BCUT2D eigenvalue weighted by molar-refractivity contribution is 0.227. The highest BCUT2D eigenvalue weighted by Gasteiger charge is 2.29. The van der Waals surface area contributed by atoms with Crippen molar-refractivity contribution in [2.75, 3.05) is 0 Å². The first-order valence-corrected chi connectivity index (χ1v) is 5.95. The highest BCUT2D eigenvalue weighted by molar-refractivity contribution is 4.88. The van der Waals surface area contributed by atoms with Crippen molar-refractivity contribution < 1.29 is 0 Å². The van der Waals surface area contributed by atoms with Crippen molar-refractivity contribution in [3.8, 4) is 0 Å². The van der Waals surface area contributed by atoms with Gasteiger partial charge in [0.2, 0.25) is 0 Å². The van der Waals surface area contributed by atoms with Crippen LogP contribution in [0.2, 0.25) is 0 Å². The van der Waals surface area contributed by atoms with Gasteiger partial charge in [0, 0.05) is 5.54 Å². The van der Waals surface area contributed by atoms with Gasteiger partial charge in [0.1, 0.15) is 0 Å². The second-order valence-electron chi connectivity index (χ2n) is 5.00. The first kappa shape index (κ1) is 11.0. The minimum Gasteiger partial charge on any atom is -0.325 e. The summed E-state index contributed by atoms with van der Waals surface area (Å²) in [7, 11) is 0. The Morgan fingerprint density at radius 1 is 1.23 bits per heavy atom. The number of hydrogen-bond donors (Lipinski definition) is 1. The fraction of sp³-hybridized carbons (Fsp3) is 1.00. The van der Waals surface area contributed by atoms with Crippen LogP contribution in [-0.4, -0.2) is 5.54 Å². The fourth-order valence-electron chi connectivity index (χ4n) is 2.31. The van der Waals surface area contributed by atoms with Crippen LogP contribution in [0.25, 0.3) is 0 Å². The SMILES string of the molecule is CCCCCC1(N)CCC(C)CC1. The van der Waals surface area contributed by atoms with E-state index in [-0.39, 0.29) is 5.54 Å². The summed E-state index contributed by atoms with van der Waals surface area (Å²) in [6, 6.07) is 0. The van der Waals surface area contributed by atoms with E-state index < -0.39 is 0 Å². The number of unbranched alkanes of at least 4 members (excludes halogenated alkanes) is 2. The van der Waals surface area contributed by atoms with Crippen LogP contribution >= 0.6 is 0 Å². The van der Waals surface area contributed by atoms with E-state index >= 15 is 0 Å². The van der Waals surface area contributed by atoms with E-state index in [1.165, 1.54) is 51.4 Å². The third kappa shape index (κ3) is 3.68. The van der Waals surface area contributed by atoms with E-state index in [1.54, 1.807) is 0 Å². The molecule has 0 amide bonds. The van der Waals surface area contributed by atoms with Crippen LogP contribution in [0.15, 0.2) is 0 Å². The summed E-state index contributed by atoms with van der Waals surface area (Å²) in [6.45, 7) is 4.61. The van der Waals surface area contributed by atoms with Crippen molar-refractivity contribution in [2.24, 2.45) is 11.7 Å². The molecular formula is C12H25N. The average Bonchev–Trinajstić information content (AvgIpc) is 2.12. The van der Waals surface area contributed by atoms with Crippen LogP contribution in [0.5, 0.6) is 0 Å². The minimum absolute atomic E-state index is 0.210. The third-order valence-electron chi connectivity index (χ3n) is 3.55. The minimum atomic E-state index is 0.210. The molecule has 1 nitrogen and oxygen atoms in total. The van der Waals surface area contributed by atoms with Crippen LogP contribution in [-0.2, 0) is 0 Å². The lowest BCUT2D eigenvalue weighted by Gasteiger charge is -2.36. The molecule has 0 aliphatic heterocycles. The van der Waals surface area contributed by atoms with Crippen LogP contribution in [0.4, 0.5) is 0 Å². The molecule has 78 valence electrons. The maximum atomic E-state index is 6.36. The Kier molecular flexibility index (Phi) is 4.24. The Morgan fingerprint density at radius 3 is 2.38 bits per heavy atom. The van der Waals surface area contributed by atoms with Gasteiger partial charge in [-0.2, -0.15) is 0 Å². The molecule has 0 heterocycles. The third-order valence-corrected chi connectivity index (χ3v) is 3.55. The molecule has 0 radical (unpaired) electrons. The summed E-state index contributed by atoms with van der Waals surface area (Å²) in [4.78, 5) is 0. The van der Waals surface area contributed by atoms with E-state index in [4.69, 9.17) is 5.73 Å². The topological polar surface area (TPSA) is 26.0 Å². The highest BCUT2D eigenvalue weighted by Crippen LogP contribution is 2.33. The van der Waals surface area contributed by atoms with Crippen LogP contribution in [0.1, 0.15) is 65.2 Å². The van der Waals surface area contributed by atoms with Gasteiger partial charge in [-0.3, -0.25) is 0 Å². The standard InChI is InChI=1S/C12H25N/c1-3-4-5-8-12(13)9-6-11(2)7-10-12/h11H,3-10,13H2,1-2H3. The summed E-state index contributed by atoms with van der Waals surface area (Å²) in [6.07, 6.45) is 10.5. The molecule has 0 unspecified atom stereocenters. The van der Waals surface area contributed by atoms with Gasteiger partial charge in [-0.05, 0) is 38.0 Å². The Labute approximate surface area is 83.1 Å². The molecule has 1 aliphatic carbocycles. The second-order valence-corrected chi connectivity index (χ2v) is 5.00. The summed E-state index contributed by atoms with van der Waals surface area (Å²) in [5.41, 5.74) is 6.57. The molecule has 0 saturated heterocycles. The molecule has 1 rings (SSSR count). The molecular weight excluding hydrogens is 158 g/mol. The predicted octanol–water partition coefficient (Wildman–Crippen LogP) is 3.47. The molecule has 0 atom stereocenters. The maximum Gasteiger partial charge on any atom is 0.0154 e. The number of nitrogens with two attached hydrogens (primary N) is 1. The zero-order valence-electron chi connectivity index (χ0n) is 9.31. The van der Waals surface area contributed by atoms with Crippen LogP contribution in [0.3, 0.4) is 0 Å². The molecule has 0 bridgehead atoms. The summed E-state index contributed by atoms with van der Waals surface area (Å²) >= 11 is 0. The zero-order chi connectivity index (χ0) is 9.73. The predicted molar refractivity (Wildman–Crippen MR) is 58.7 cm³/mol. The van der Waals surface area contributed by atoms with Crippen molar-refractivity contribution in [1.82, 2.24) is 0 Å². The Morgan fingerprint density at radius 2 is 1.85 bits per heavy atom.